The summed E-state index contributed by atoms with van der Waals surface area (Å²) in [6, 6.07) is 8.50. The van der Waals surface area contributed by atoms with Crippen LogP contribution in [0.4, 0.5) is 0 Å². The van der Waals surface area contributed by atoms with Crippen LogP contribution in [-0.4, -0.2) is 28.9 Å². The van der Waals surface area contributed by atoms with Crippen LogP contribution in [0.3, 0.4) is 0 Å². The van der Waals surface area contributed by atoms with Crippen molar-refractivity contribution in [1.82, 2.24) is 4.90 Å². The number of likely N-dealkylation sites (N-methyl/N-ethyl adjacent to an activating group) is 1. The van der Waals surface area contributed by atoms with Crippen molar-refractivity contribution < 1.29 is 14.7 Å². The second-order valence-corrected chi connectivity index (χ2v) is 2.75. The molecule has 0 aliphatic heterocycles. The summed E-state index contributed by atoms with van der Waals surface area (Å²) in [7, 11) is 1.41. The largest absolute Gasteiger partial charge is 0.480 e. The first-order valence-electron chi connectivity index (χ1n) is 4.01. The number of carboxylic acid groups (broad SMARTS) is 1. The van der Waals surface area contributed by atoms with Crippen LogP contribution in [0.25, 0.3) is 0 Å². The van der Waals surface area contributed by atoms with Crippen molar-refractivity contribution in [3.8, 4) is 0 Å². The molecule has 1 rings (SSSR count). The molecule has 73 valence electrons. The Balaban J connectivity index is 2.71. The maximum atomic E-state index is 11.5. The number of aliphatic carboxylic acids is 1. The standard InChI is InChI=1S/C10H10NO3/c1-11(7-9(12)13)10(14)8-5-3-2-4-6-8/h2-7H,1H3,(H,12,13). The second-order valence-electron chi connectivity index (χ2n) is 2.75. The molecule has 4 heteroatoms. The molecule has 1 amide bonds. The highest BCUT2D eigenvalue weighted by Gasteiger charge is 2.13. The number of carbonyl (C=O) groups is 2. The number of hydrogen-bond donors (Lipinski definition) is 1. The summed E-state index contributed by atoms with van der Waals surface area (Å²) < 4.78 is 0. The molecule has 0 fully saturated rings. The topological polar surface area (TPSA) is 57.6 Å². The fourth-order valence-electron chi connectivity index (χ4n) is 1.01. The van der Waals surface area contributed by atoms with E-state index < -0.39 is 5.97 Å². The van der Waals surface area contributed by atoms with Crippen molar-refractivity contribution in [2.24, 2.45) is 0 Å². The Morgan fingerprint density at radius 1 is 1.29 bits per heavy atom. The third kappa shape index (κ3) is 2.58. The average molecular weight is 192 g/mol. The molecule has 14 heavy (non-hydrogen) atoms. The molecule has 1 aromatic carbocycles. The van der Waals surface area contributed by atoms with Crippen LogP contribution in [0.1, 0.15) is 10.4 Å². The van der Waals surface area contributed by atoms with Gasteiger partial charge in [-0.2, -0.15) is 0 Å². The first kappa shape index (κ1) is 10.2. The minimum Gasteiger partial charge on any atom is -0.480 e. The summed E-state index contributed by atoms with van der Waals surface area (Å²) in [5, 5.41) is 8.43. The maximum Gasteiger partial charge on any atom is 0.329 e. The molecule has 1 N–H and O–H groups in total. The van der Waals surface area contributed by atoms with Crippen molar-refractivity contribution in [1.29, 1.82) is 0 Å². The van der Waals surface area contributed by atoms with Gasteiger partial charge in [0, 0.05) is 12.6 Å². The summed E-state index contributed by atoms with van der Waals surface area (Å²) >= 11 is 0. The third-order valence-electron chi connectivity index (χ3n) is 1.65. The quantitative estimate of drug-likeness (QED) is 0.777. The minimum absolute atomic E-state index is 0.340. The van der Waals surface area contributed by atoms with Gasteiger partial charge in [-0.3, -0.25) is 4.79 Å². The van der Waals surface area contributed by atoms with E-state index in [-0.39, 0.29) is 5.91 Å². The molecule has 0 heterocycles. The zero-order chi connectivity index (χ0) is 10.6. The van der Waals surface area contributed by atoms with E-state index in [4.69, 9.17) is 5.11 Å². The van der Waals surface area contributed by atoms with Gasteiger partial charge in [-0.05, 0) is 12.1 Å². The fourth-order valence-corrected chi connectivity index (χ4v) is 1.01. The van der Waals surface area contributed by atoms with Gasteiger partial charge in [-0.15, -0.1) is 0 Å². The number of benzene rings is 1. The molecule has 0 saturated heterocycles. The average Bonchev–Trinajstić information content (AvgIpc) is 2.17. The van der Waals surface area contributed by atoms with Gasteiger partial charge in [-0.25, -0.2) is 4.79 Å². The van der Waals surface area contributed by atoms with Crippen LogP contribution in [0, 0.1) is 6.54 Å². The van der Waals surface area contributed by atoms with Gasteiger partial charge < -0.3 is 10.0 Å². The third-order valence-corrected chi connectivity index (χ3v) is 1.65. The highest BCUT2D eigenvalue weighted by atomic mass is 16.4. The molecule has 1 aromatic rings. The van der Waals surface area contributed by atoms with E-state index in [1.165, 1.54) is 7.05 Å². The highest BCUT2D eigenvalue weighted by molar-refractivity contribution is 5.97. The smallest absolute Gasteiger partial charge is 0.329 e. The summed E-state index contributed by atoms with van der Waals surface area (Å²) in [4.78, 5) is 22.8. The van der Waals surface area contributed by atoms with Crippen molar-refractivity contribution in [2.45, 2.75) is 0 Å². The van der Waals surface area contributed by atoms with Crippen LogP contribution in [0.2, 0.25) is 0 Å². The van der Waals surface area contributed by atoms with Gasteiger partial charge in [0.25, 0.3) is 5.91 Å². The van der Waals surface area contributed by atoms with Crippen LogP contribution in [-0.2, 0) is 4.79 Å². The number of nitrogens with zero attached hydrogens (tertiary/aromatic N) is 1. The van der Waals surface area contributed by atoms with Gasteiger partial charge >= 0.3 is 5.97 Å². The maximum absolute atomic E-state index is 11.5. The lowest BCUT2D eigenvalue weighted by molar-refractivity contribution is -0.134. The van der Waals surface area contributed by atoms with E-state index in [1.54, 1.807) is 30.3 Å². The van der Waals surface area contributed by atoms with Gasteiger partial charge in [0.05, 0.1) is 0 Å². The van der Waals surface area contributed by atoms with Crippen molar-refractivity contribution in [2.75, 3.05) is 7.05 Å². The van der Waals surface area contributed by atoms with Crippen LogP contribution in [0.5, 0.6) is 0 Å². The minimum atomic E-state index is -1.14. The lowest BCUT2D eigenvalue weighted by Gasteiger charge is -2.13. The fraction of sp³-hybridized carbons (Fsp3) is 0.100. The highest BCUT2D eigenvalue weighted by Crippen LogP contribution is 2.03. The summed E-state index contributed by atoms with van der Waals surface area (Å²) in [6.07, 6.45) is 0. The van der Waals surface area contributed by atoms with Gasteiger partial charge in [0.15, 0.2) is 6.54 Å². The normalized spacial score (nSPS) is 9.50. The van der Waals surface area contributed by atoms with Crippen molar-refractivity contribution >= 4 is 11.9 Å². The molecule has 0 aliphatic carbocycles. The molecule has 0 unspecified atom stereocenters. The predicted octanol–water partition coefficient (Wildman–Crippen LogP) is 1.00. The predicted molar refractivity (Wildman–Crippen MR) is 50.5 cm³/mol. The van der Waals surface area contributed by atoms with Crippen molar-refractivity contribution in [3.05, 3.63) is 42.4 Å². The zero-order valence-electron chi connectivity index (χ0n) is 7.68. The number of carbonyl (C=O) groups excluding carboxylic acids is 1. The molecule has 0 saturated carbocycles. The van der Waals surface area contributed by atoms with E-state index >= 15 is 0 Å². The molecule has 0 atom stereocenters. The molecule has 4 nitrogen and oxygen atoms in total. The molecule has 1 radical (unpaired) electrons. The van der Waals surface area contributed by atoms with E-state index in [2.05, 4.69) is 0 Å². The first-order chi connectivity index (χ1) is 6.61. The molecule has 0 bridgehead atoms. The Morgan fingerprint density at radius 3 is 2.36 bits per heavy atom. The van der Waals surface area contributed by atoms with Gasteiger partial charge in [0.2, 0.25) is 0 Å². The lowest BCUT2D eigenvalue weighted by Crippen LogP contribution is -2.27. The molecule has 0 aliphatic rings. The first-order valence-corrected chi connectivity index (χ1v) is 4.01. The van der Waals surface area contributed by atoms with Crippen LogP contribution in [0.15, 0.2) is 30.3 Å². The molecular formula is C10H10NO3. The van der Waals surface area contributed by atoms with E-state index in [9.17, 15) is 9.59 Å². The number of hydrogen-bond acceptors (Lipinski definition) is 2. The van der Waals surface area contributed by atoms with Gasteiger partial charge in [-0.1, -0.05) is 18.2 Å². The van der Waals surface area contributed by atoms with Crippen molar-refractivity contribution in [3.63, 3.8) is 0 Å². The Labute approximate surface area is 81.8 Å². The van der Waals surface area contributed by atoms with E-state index in [1.807, 2.05) is 0 Å². The van der Waals surface area contributed by atoms with E-state index in [0.717, 1.165) is 11.4 Å². The number of amides is 1. The van der Waals surface area contributed by atoms with Gasteiger partial charge in [0.1, 0.15) is 0 Å². The monoisotopic (exact) mass is 192 g/mol. The summed E-state index contributed by atoms with van der Waals surface area (Å²) in [6.45, 7) is 0.829. The number of carboxylic acids is 1. The molecule has 0 spiro atoms. The molecule has 0 aromatic heterocycles. The Morgan fingerprint density at radius 2 is 1.86 bits per heavy atom. The Kier molecular flexibility index (Phi) is 3.23. The summed E-state index contributed by atoms with van der Waals surface area (Å²) in [5.41, 5.74) is 0.465. The lowest BCUT2D eigenvalue weighted by atomic mass is 10.2. The van der Waals surface area contributed by atoms with Crippen LogP contribution < -0.4 is 0 Å². The van der Waals surface area contributed by atoms with E-state index in [0.29, 0.717) is 5.56 Å². The zero-order valence-corrected chi connectivity index (χ0v) is 7.68. The molecular weight excluding hydrogens is 182 g/mol. The Bertz CT molecular complexity index is 334. The summed E-state index contributed by atoms with van der Waals surface area (Å²) in [5.74, 6) is -1.48. The SMILES string of the molecule is CN([CH]C(=O)O)C(=O)c1ccccc1. The van der Waals surface area contributed by atoms with Crippen LogP contribution >= 0.6 is 0 Å². The number of rotatable bonds is 3. The second kappa shape index (κ2) is 4.41. The Hall–Kier alpha value is -1.84.